The van der Waals surface area contributed by atoms with Gasteiger partial charge in [-0.05, 0) is 12.5 Å². The minimum atomic E-state index is -0.377. The lowest BCUT2D eigenvalue weighted by atomic mass is 10.2. The molecule has 1 unspecified atom stereocenters. The quantitative estimate of drug-likeness (QED) is 0.863. The van der Waals surface area contributed by atoms with Crippen LogP contribution in [0.2, 0.25) is 0 Å². The van der Waals surface area contributed by atoms with Crippen molar-refractivity contribution in [2.75, 3.05) is 37.6 Å². The Morgan fingerprint density at radius 1 is 1.27 bits per heavy atom. The van der Waals surface area contributed by atoms with Gasteiger partial charge in [-0.3, -0.25) is 9.58 Å². The van der Waals surface area contributed by atoms with E-state index in [1.165, 1.54) is 4.88 Å². The molecule has 1 N–H and O–H groups in total. The SMILES string of the molecule is CCc1cnc(N2CCN(CC(O)Cn3cccn3)CC2)s1. The number of piperazine rings is 1. The van der Waals surface area contributed by atoms with E-state index in [1.54, 1.807) is 22.2 Å². The summed E-state index contributed by atoms with van der Waals surface area (Å²) in [5.74, 6) is 0. The fourth-order valence-electron chi connectivity index (χ4n) is 2.71. The molecule has 1 atom stereocenters. The molecular formula is C15H23N5OS. The average Bonchev–Trinajstić information content (AvgIpc) is 3.19. The molecule has 7 heteroatoms. The van der Waals surface area contributed by atoms with Crippen molar-refractivity contribution >= 4 is 16.5 Å². The molecule has 0 aromatic carbocycles. The highest BCUT2D eigenvalue weighted by Crippen LogP contribution is 2.23. The lowest BCUT2D eigenvalue weighted by Gasteiger charge is -2.35. The zero-order chi connectivity index (χ0) is 15.4. The Bertz CT molecular complexity index is 562. The van der Waals surface area contributed by atoms with Crippen LogP contribution in [0.4, 0.5) is 5.13 Å². The monoisotopic (exact) mass is 321 g/mol. The second-order valence-electron chi connectivity index (χ2n) is 5.63. The first kappa shape index (κ1) is 15.5. The van der Waals surface area contributed by atoms with Crippen molar-refractivity contribution in [3.63, 3.8) is 0 Å². The summed E-state index contributed by atoms with van der Waals surface area (Å²) >= 11 is 1.79. The molecule has 2 aromatic rings. The first-order valence-corrected chi connectivity index (χ1v) is 8.63. The standard InChI is InChI=1S/C15H23N5OS/c1-2-14-10-16-15(22-14)19-8-6-18(7-9-19)11-13(21)12-20-5-3-4-17-20/h3-5,10,13,21H,2,6-9,11-12H2,1H3. The summed E-state index contributed by atoms with van der Waals surface area (Å²) in [5.41, 5.74) is 0. The lowest BCUT2D eigenvalue weighted by molar-refractivity contribution is 0.0920. The highest BCUT2D eigenvalue weighted by atomic mass is 32.1. The first-order valence-electron chi connectivity index (χ1n) is 7.82. The van der Waals surface area contributed by atoms with Crippen molar-refractivity contribution in [1.29, 1.82) is 0 Å². The van der Waals surface area contributed by atoms with Crippen molar-refractivity contribution in [2.24, 2.45) is 0 Å². The number of rotatable bonds is 6. The summed E-state index contributed by atoms with van der Waals surface area (Å²) < 4.78 is 1.78. The lowest BCUT2D eigenvalue weighted by Crippen LogP contribution is -2.49. The Kier molecular flexibility index (Phi) is 5.07. The van der Waals surface area contributed by atoms with Gasteiger partial charge < -0.3 is 10.0 Å². The second kappa shape index (κ2) is 7.21. The van der Waals surface area contributed by atoms with E-state index in [0.29, 0.717) is 13.1 Å². The van der Waals surface area contributed by atoms with Gasteiger partial charge >= 0.3 is 0 Å². The van der Waals surface area contributed by atoms with Crippen LogP contribution >= 0.6 is 11.3 Å². The van der Waals surface area contributed by atoms with Crippen LogP contribution in [-0.2, 0) is 13.0 Å². The first-order chi connectivity index (χ1) is 10.7. The third-order valence-corrected chi connectivity index (χ3v) is 5.16. The molecule has 22 heavy (non-hydrogen) atoms. The fourth-order valence-corrected chi connectivity index (χ4v) is 3.61. The van der Waals surface area contributed by atoms with Gasteiger partial charge in [0.25, 0.3) is 0 Å². The molecule has 3 rings (SSSR count). The van der Waals surface area contributed by atoms with Gasteiger partial charge in [0.05, 0.1) is 12.6 Å². The molecule has 0 aliphatic carbocycles. The number of β-amino-alcohol motifs (C(OH)–C–C–N with tert-alkyl or cyclic N) is 1. The van der Waals surface area contributed by atoms with Gasteiger partial charge in [-0.15, -0.1) is 11.3 Å². The topological polar surface area (TPSA) is 57.4 Å². The maximum Gasteiger partial charge on any atom is 0.185 e. The predicted molar refractivity (Wildman–Crippen MR) is 88.4 cm³/mol. The normalized spacial score (nSPS) is 17.8. The van der Waals surface area contributed by atoms with Gasteiger partial charge in [0, 0.05) is 56.2 Å². The van der Waals surface area contributed by atoms with Crippen LogP contribution in [0.5, 0.6) is 0 Å². The Balaban J connectivity index is 1.45. The third kappa shape index (κ3) is 3.85. The number of hydrogen-bond acceptors (Lipinski definition) is 6. The number of aromatic nitrogens is 3. The van der Waals surface area contributed by atoms with E-state index in [4.69, 9.17) is 0 Å². The third-order valence-electron chi connectivity index (χ3n) is 3.96. The van der Waals surface area contributed by atoms with E-state index in [9.17, 15) is 5.11 Å². The Morgan fingerprint density at radius 2 is 2.09 bits per heavy atom. The molecule has 6 nitrogen and oxygen atoms in total. The highest BCUT2D eigenvalue weighted by Gasteiger charge is 2.21. The van der Waals surface area contributed by atoms with Crippen LogP contribution in [-0.4, -0.2) is 63.6 Å². The van der Waals surface area contributed by atoms with Crippen LogP contribution in [0.3, 0.4) is 0 Å². The number of aliphatic hydroxyl groups is 1. The molecule has 3 heterocycles. The molecule has 0 amide bonds. The number of aryl methyl sites for hydroxylation is 1. The average molecular weight is 321 g/mol. The summed E-state index contributed by atoms with van der Waals surface area (Å²) in [6.45, 7) is 7.31. The Morgan fingerprint density at radius 3 is 2.73 bits per heavy atom. The Hall–Kier alpha value is -1.44. The largest absolute Gasteiger partial charge is 0.390 e. The van der Waals surface area contributed by atoms with E-state index in [0.717, 1.165) is 37.7 Å². The minimum Gasteiger partial charge on any atom is -0.390 e. The van der Waals surface area contributed by atoms with Gasteiger partial charge in [-0.2, -0.15) is 5.10 Å². The predicted octanol–water partition coefficient (Wildman–Crippen LogP) is 1.09. The van der Waals surface area contributed by atoms with E-state index < -0.39 is 0 Å². The minimum absolute atomic E-state index is 0.377. The van der Waals surface area contributed by atoms with E-state index in [-0.39, 0.29) is 6.10 Å². The van der Waals surface area contributed by atoms with Crippen molar-refractivity contribution in [3.05, 3.63) is 29.5 Å². The zero-order valence-corrected chi connectivity index (χ0v) is 13.7. The summed E-state index contributed by atoms with van der Waals surface area (Å²) in [7, 11) is 0. The maximum absolute atomic E-state index is 10.2. The molecule has 1 aliphatic rings. The summed E-state index contributed by atoms with van der Waals surface area (Å²) in [5, 5.41) is 15.4. The van der Waals surface area contributed by atoms with Gasteiger partial charge in [-0.25, -0.2) is 4.98 Å². The van der Waals surface area contributed by atoms with Crippen molar-refractivity contribution < 1.29 is 5.11 Å². The van der Waals surface area contributed by atoms with Gasteiger partial charge in [0.15, 0.2) is 5.13 Å². The van der Waals surface area contributed by atoms with Crippen LogP contribution < -0.4 is 4.90 Å². The molecule has 0 saturated carbocycles. The number of hydrogen-bond donors (Lipinski definition) is 1. The number of thiazole rings is 1. The van der Waals surface area contributed by atoms with Crippen LogP contribution in [0, 0.1) is 0 Å². The molecule has 120 valence electrons. The second-order valence-corrected chi connectivity index (χ2v) is 6.73. The molecular weight excluding hydrogens is 298 g/mol. The fraction of sp³-hybridized carbons (Fsp3) is 0.600. The molecule has 1 saturated heterocycles. The van der Waals surface area contributed by atoms with Crippen molar-refractivity contribution in [1.82, 2.24) is 19.7 Å². The van der Waals surface area contributed by atoms with Crippen molar-refractivity contribution in [3.8, 4) is 0 Å². The maximum atomic E-state index is 10.2. The van der Waals surface area contributed by atoms with E-state index >= 15 is 0 Å². The Labute approximate surface area is 135 Å². The highest BCUT2D eigenvalue weighted by molar-refractivity contribution is 7.15. The van der Waals surface area contributed by atoms with Crippen molar-refractivity contribution in [2.45, 2.75) is 26.0 Å². The molecule has 1 fully saturated rings. The summed E-state index contributed by atoms with van der Waals surface area (Å²) in [6, 6.07) is 1.88. The number of nitrogens with zero attached hydrogens (tertiary/aromatic N) is 5. The van der Waals surface area contributed by atoms with Gasteiger partial charge in [0.1, 0.15) is 0 Å². The van der Waals surface area contributed by atoms with Crippen LogP contribution in [0.25, 0.3) is 0 Å². The number of aliphatic hydroxyl groups excluding tert-OH is 1. The molecule has 0 spiro atoms. The van der Waals surface area contributed by atoms with Crippen LogP contribution in [0.15, 0.2) is 24.7 Å². The summed E-state index contributed by atoms with van der Waals surface area (Å²) in [6.07, 6.45) is 6.29. The van der Waals surface area contributed by atoms with E-state index in [1.807, 2.05) is 18.5 Å². The van der Waals surface area contributed by atoms with Crippen LogP contribution in [0.1, 0.15) is 11.8 Å². The van der Waals surface area contributed by atoms with Gasteiger partial charge in [0.2, 0.25) is 0 Å². The summed E-state index contributed by atoms with van der Waals surface area (Å²) in [4.78, 5) is 10.5. The molecule has 2 aromatic heterocycles. The molecule has 1 aliphatic heterocycles. The smallest absolute Gasteiger partial charge is 0.185 e. The molecule has 0 radical (unpaired) electrons. The zero-order valence-electron chi connectivity index (χ0n) is 12.9. The molecule has 0 bridgehead atoms. The van der Waals surface area contributed by atoms with E-state index in [2.05, 4.69) is 26.8 Å². The number of anilines is 1. The van der Waals surface area contributed by atoms with Gasteiger partial charge in [-0.1, -0.05) is 6.92 Å².